The Hall–Kier alpha value is -1.68. The average molecular weight is 237 g/mol. The summed E-state index contributed by atoms with van der Waals surface area (Å²) in [4.78, 5) is 0. The molecule has 0 spiro atoms. The molecule has 0 aliphatic rings. The average Bonchev–Trinajstić information content (AvgIpc) is 2.76. The van der Waals surface area contributed by atoms with Crippen LogP contribution in [0.15, 0.2) is 41.2 Å². The zero-order valence-electron chi connectivity index (χ0n) is 9.25. The second-order valence-electron chi connectivity index (χ2n) is 3.84. The van der Waals surface area contributed by atoms with Crippen molar-refractivity contribution in [2.75, 3.05) is 6.54 Å². The molecule has 1 N–H and O–H groups in total. The maximum absolute atomic E-state index is 12.9. The van der Waals surface area contributed by atoms with Crippen LogP contribution in [0.25, 0.3) is 0 Å². The monoisotopic (exact) mass is 237 g/mol. The van der Waals surface area contributed by atoms with Crippen molar-refractivity contribution < 1.29 is 13.2 Å². The second kappa shape index (κ2) is 5.59. The first-order valence-corrected chi connectivity index (χ1v) is 5.41. The number of nitrogens with one attached hydrogen (secondary N) is 1. The van der Waals surface area contributed by atoms with Gasteiger partial charge in [0.1, 0.15) is 11.6 Å². The van der Waals surface area contributed by atoms with Crippen molar-refractivity contribution in [3.8, 4) is 0 Å². The minimum Gasteiger partial charge on any atom is -0.472 e. The Kier molecular flexibility index (Phi) is 3.88. The summed E-state index contributed by atoms with van der Waals surface area (Å²) in [5.74, 6) is -1.07. The molecule has 0 radical (unpaired) electrons. The van der Waals surface area contributed by atoms with Crippen molar-refractivity contribution in [3.05, 3.63) is 59.6 Å². The van der Waals surface area contributed by atoms with Crippen LogP contribution in [-0.2, 0) is 13.0 Å². The van der Waals surface area contributed by atoms with E-state index in [4.69, 9.17) is 4.42 Å². The third kappa shape index (κ3) is 3.67. The summed E-state index contributed by atoms with van der Waals surface area (Å²) in [6.07, 6.45) is 3.86. The predicted molar refractivity (Wildman–Crippen MR) is 60.5 cm³/mol. The van der Waals surface area contributed by atoms with Gasteiger partial charge in [0.2, 0.25) is 0 Å². The zero-order valence-corrected chi connectivity index (χ0v) is 9.25. The van der Waals surface area contributed by atoms with E-state index < -0.39 is 11.6 Å². The fourth-order valence-electron chi connectivity index (χ4n) is 1.61. The van der Waals surface area contributed by atoms with E-state index in [0.29, 0.717) is 25.1 Å². The van der Waals surface area contributed by atoms with Crippen molar-refractivity contribution in [2.24, 2.45) is 0 Å². The molecule has 2 aromatic rings. The standard InChI is InChI=1S/C13H13F2NO/c14-12-5-10(6-13(15)7-12)1-3-16-8-11-2-4-17-9-11/h2,4-7,9,16H,1,3,8H2. The van der Waals surface area contributed by atoms with E-state index in [1.807, 2.05) is 6.07 Å². The van der Waals surface area contributed by atoms with E-state index in [1.165, 1.54) is 12.1 Å². The number of furan rings is 1. The molecule has 1 aromatic heterocycles. The lowest BCUT2D eigenvalue weighted by Crippen LogP contribution is -2.16. The van der Waals surface area contributed by atoms with Crippen LogP contribution in [0.3, 0.4) is 0 Å². The van der Waals surface area contributed by atoms with Crippen molar-refractivity contribution in [1.29, 1.82) is 0 Å². The van der Waals surface area contributed by atoms with Crippen molar-refractivity contribution in [2.45, 2.75) is 13.0 Å². The van der Waals surface area contributed by atoms with Crippen LogP contribution in [-0.4, -0.2) is 6.54 Å². The number of hydrogen-bond donors (Lipinski definition) is 1. The summed E-state index contributed by atoms with van der Waals surface area (Å²) in [6, 6.07) is 5.45. The molecule has 0 bridgehead atoms. The van der Waals surface area contributed by atoms with E-state index in [9.17, 15) is 8.78 Å². The third-order valence-corrected chi connectivity index (χ3v) is 2.42. The molecule has 2 rings (SSSR count). The van der Waals surface area contributed by atoms with Gasteiger partial charge in [0.15, 0.2) is 0 Å². The van der Waals surface area contributed by atoms with E-state index in [2.05, 4.69) is 5.32 Å². The molecule has 0 amide bonds. The quantitative estimate of drug-likeness (QED) is 0.809. The van der Waals surface area contributed by atoms with Crippen LogP contribution in [0, 0.1) is 11.6 Å². The van der Waals surface area contributed by atoms with Crippen molar-refractivity contribution >= 4 is 0 Å². The highest BCUT2D eigenvalue weighted by molar-refractivity contribution is 5.18. The first kappa shape index (κ1) is 11.8. The van der Waals surface area contributed by atoms with Gasteiger partial charge in [-0.2, -0.15) is 0 Å². The lowest BCUT2D eigenvalue weighted by Gasteiger charge is -2.04. The van der Waals surface area contributed by atoms with Gasteiger partial charge in [0.25, 0.3) is 0 Å². The highest BCUT2D eigenvalue weighted by Crippen LogP contribution is 2.08. The normalized spacial score (nSPS) is 10.7. The Bertz CT molecular complexity index is 448. The summed E-state index contributed by atoms with van der Waals surface area (Å²) in [6.45, 7) is 1.35. The molecule has 0 saturated carbocycles. The van der Waals surface area contributed by atoms with E-state index in [0.717, 1.165) is 11.6 Å². The lowest BCUT2D eigenvalue weighted by atomic mass is 10.1. The third-order valence-electron chi connectivity index (χ3n) is 2.42. The second-order valence-corrected chi connectivity index (χ2v) is 3.84. The molecule has 0 aliphatic heterocycles. The summed E-state index contributed by atoms with van der Waals surface area (Å²) >= 11 is 0. The molecule has 4 heteroatoms. The number of hydrogen-bond acceptors (Lipinski definition) is 2. The predicted octanol–water partition coefficient (Wildman–Crippen LogP) is 2.89. The SMILES string of the molecule is Fc1cc(F)cc(CCNCc2ccoc2)c1. The smallest absolute Gasteiger partial charge is 0.126 e. The molecular formula is C13H13F2NO. The molecule has 1 heterocycles. The first-order chi connectivity index (χ1) is 8.24. The summed E-state index contributed by atoms with van der Waals surface area (Å²) in [5, 5.41) is 3.17. The highest BCUT2D eigenvalue weighted by atomic mass is 19.1. The Labute approximate surface area is 98.3 Å². The largest absolute Gasteiger partial charge is 0.472 e. The van der Waals surface area contributed by atoms with Gasteiger partial charge in [-0.05, 0) is 36.7 Å². The molecular weight excluding hydrogens is 224 g/mol. The van der Waals surface area contributed by atoms with Crippen LogP contribution in [0.1, 0.15) is 11.1 Å². The summed E-state index contributed by atoms with van der Waals surface area (Å²) in [7, 11) is 0. The lowest BCUT2D eigenvalue weighted by molar-refractivity contribution is 0.560. The Morgan fingerprint density at radius 1 is 1.06 bits per heavy atom. The molecule has 2 nitrogen and oxygen atoms in total. The molecule has 0 saturated heterocycles. The number of rotatable bonds is 5. The van der Waals surface area contributed by atoms with Gasteiger partial charge in [0.05, 0.1) is 12.5 Å². The minimum absolute atomic E-state index is 0.533. The van der Waals surface area contributed by atoms with Gasteiger partial charge in [-0.15, -0.1) is 0 Å². The molecule has 17 heavy (non-hydrogen) atoms. The molecule has 0 atom stereocenters. The van der Waals surface area contributed by atoms with E-state index in [-0.39, 0.29) is 0 Å². The highest BCUT2D eigenvalue weighted by Gasteiger charge is 2.00. The summed E-state index contributed by atoms with van der Waals surface area (Å²) in [5.41, 5.74) is 1.71. The number of benzene rings is 1. The van der Waals surface area contributed by atoms with Crippen LogP contribution in [0.5, 0.6) is 0 Å². The van der Waals surface area contributed by atoms with Gasteiger partial charge in [-0.25, -0.2) is 8.78 Å². The minimum atomic E-state index is -0.533. The first-order valence-electron chi connectivity index (χ1n) is 5.41. The van der Waals surface area contributed by atoms with Gasteiger partial charge in [0, 0.05) is 18.2 Å². The molecule has 0 fully saturated rings. The van der Waals surface area contributed by atoms with E-state index in [1.54, 1.807) is 12.5 Å². The molecule has 0 unspecified atom stereocenters. The van der Waals surface area contributed by atoms with Gasteiger partial charge in [-0.1, -0.05) is 0 Å². The van der Waals surface area contributed by atoms with Crippen LogP contribution in [0.2, 0.25) is 0 Å². The van der Waals surface area contributed by atoms with Gasteiger partial charge in [-0.3, -0.25) is 0 Å². The van der Waals surface area contributed by atoms with Crippen molar-refractivity contribution in [3.63, 3.8) is 0 Å². The zero-order chi connectivity index (χ0) is 12.1. The maximum Gasteiger partial charge on any atom is 0.126 e. The summed E-state index contributed by atoms with van der Waals surface area (Å²) < 4.78 is 30.7. The fraction of sp³-hybridized carbons (Fsp3) is 0.231. The Morgan fingerprint density at radius 3 is 2.47 bits per heavy atom. The number of halogens is 2. The van der Waals surface area contributed by atoms with Crippen LogP contribution in [0.4, 0.5) is 8.78 Å². The molecule has 90 valence electrons. The van der Waals surface area contributed by atoms with E-state index >= 15 is 0 Å². The van der Waals surface area contributed by atoms with Crippen LogP contribution >= 0.6 is 0 Å². The topological polar surface area (TPSA) is 25.2 Å². The maximum atomic E-state index is 12.9. The van der Waals surface area contributed by atoms with Gasteiger partial charge >= 0.3 is 0 Å². The molecule has 0 aliphatic carbocycles. The fourth-order valence-corrected chi connectivity index (χ4v) is 1.61. The Balaban J connectivity index is 1.78. The van der Waals surface area contributed by atoms with Crippen LogP contribution < -0.4 is 5.32 Å². The molecule has 1 aromatic carbocycles. The Morgan fingerprint density at radius 2 is 1.82 bits per heavy atom. The van der Waals surface area contributed by atoms with Crippen molar-refractivity contribution in [1.82, 2.24) is 5.32 Å². The van der Waals surface area contributed by atoms with Gasteiger partial charge < -0.3 is 9.73 Å².